The van der Waals surface area contributed by atoms with Crippen molar-refractivity contribution in [2.75, 3.05) is 19.6 Å². The van der Waals surface area contributed by atoms with Crippen LogP contribution in [0.2, 0.25) is 0 Å². The Morgan fingerprint density at radius 3 is 1.72 bits per heavy atom. The molecule has 0 bridgehead atoms. The van der Waals surface area contributed by atoms with Crippen LogP contribution in [0.15, 0.2) is 72.8 Å². The van der Waals surface area contributed by atoms with Crippen LogP contribution in [0.25, 0.3) is 0 Å². The minimum absolute atomic E-state index is 0.0812. The summed E-state index contributed by atoms with van der Waals surface area (Å²) in [6, 6.07) is 23.5. The van der Waals surface area contributed by atoms with Crippen LogP contribution in [0.1, 0.15) is 77.7 Å². The van der Waals surface area contributed by atoms with E-state index in [1.807, 2.05) is 0 Å². The number of aliphatic hydroxyl groups is 1. The van der Waals surface area contributed by atoms with Crippen LogP contribution >= 0.6 is 0 Å². The Morgan fingerprint density at radius 1 is 0.795 bits per heavy atom. The fourth-order valence-corrected chi connectivity index (χ4v) is 5.63. The minimum atomic E-state index is -1.04. The van der Waals surface area contributed by atoms with E-state index in [1.54, 1.807) is 38.1 Å². The first-order chi connectivity index (χ1) is 18.5. The predicted molar refractivity (Wildman–Crippen MR) is 155 cm³/mol. The first kappa shape index (κ1) is 28.7. The zero-order valence-electron chi connectivity index (χ0n) is 23.6. The Kier molecular flexibility index (Phi) is 8.73. The molecule has 3 aromatic carbocycles. The molecule has 0 spiro atoms. The van der Waals surface area contributed by atoms with E-state index in [2.05, 4.69) is 67.3 Å². The predicted octanol–water partition coefficient (Wildman–Crippen LogP) is 6.28. The molecule has 0 aliphatic carbocycles. The van der Waals surface area contributed by atoms with Crippen molar-refractivity contribution in [2.45, 2.75) is 64.4 Å². The number of likely N-dealkylation sites (tertiary alicyclic amines) is 1. The zero-order chi connectivity index (χ0) is 28.2. The molecule has 2 N–H and O–H groups in total. The number of hydrogen-bond acceptors (Lipinski definition) is 4. The molecule has 1 aliphatic heterocycles. The van der Waals surface area contributed by atoms with Crippen LogP contribution in [0, 0.1) is 19.8 Å². The van der Waals surface area contributed by atoms with E-state index in [0.717, 1.165) is 50.0 Å². The van der Waals surface area contributed by atoms with E-state index in [9.17, 15) is 19.8 Å². The topological polar surface area (TPSA) is 77.8 Å². The molecular weight excluding hydrogens is 486 g/mol. The van der Waals surface area contributed by atoms with Crippen LogP contribution in [0.5, 0.6) is 0 Å². The Balaban J connectivity index is 1.34. The summed E-state index contributed by atoms with van der Waals surface area (Å²) in [7, 11) is 0. The fraction of sp³-hybridized carbons (Fsp3) is 0.412. The van der Waals surface area contributed by atoms with Gasteiger partial charge in [0.1, 0.15) is 5.60 Å². The van der Waals surface area contributed by atoms with E-state index in [1.165, 1.54) is 11.1 Å². The summed E-state index contributed by atoms with van der Waals surface area (Å²) in [6.07, 6.45) is 2.99. The highest BCUT2D eigenvalue weighted by atomic mass is 16.4. The van der Waals surface area contributed by atoms with Crippen molar-refractivity contribution in [1.82, 2.24) is 4.90 Å². The number of benzene rings is 3. The number of aryl methyl sites for hydroxylation is 2. The molecule has 0 unspecified atom stereocenters. The molecular formula is C34H41NO4. The smallest absolute Gasteiger partial charge is 0.313 e. The van der Waals surface area contributed by atoms with Gasteiger partial charge in [0.25, 0.3) is 0 Å². The number of carboxylic acids is 1. The first-order valence-electron chi connectivity index (χ1n) is 14.0. The number of hydrogen-bond donors (Lipinski definition) is 2. The number of carboxylic acid groups (broad SMARTS) is 1. The lowest BCUT2D eigenvalue weighted by atomic mass is 9.72. The minimum Gasteiger partial charge on any atom is -0.481 e. The van der Waals surface area contributed by atoms with Gasteiger partial charge in [-0.05, 0) is 89.2 Å². The number of ketones is 1. The fourth-order valence-electron chi connectivity index (χ4n) is 5.63. The quantitative estimate of drug-likeness (QED) is 0.304. The van der Waals surface area contributed by atoms with Crippen LogP contribution in [0.3, 0.4) is 0 Å². The summed E-state index contributed by atoms with van der Waals surface area (Å²) < 4.78 is 0. The molecule has 3 aromatic rings. The second kappa shape index (κ2) is 11.8. The highest BCUT2D eigenvalue weighted by Gasteiger charge is 2.41. The van der Waals surface area contributed by atoms with E-state index in [0.29, 0.717) is 17.5 Å². The SMILES string of the molecule is Cc1ccc(C(O)(c2ccc(C)cc2)C2CCN(CCCC(=O)c3ccc(C(C)(C)C(=O)O)cc3)CC2)cc1. The number of Topliss-reactive ketones (excluding diaryl/α,β-unsaturated/α-hetero) is 1. The molecule has 0 saturated carbocycles. The van der Waals surface area contributed by atoms with E-state index in [4.69, 9.17) is 0 Å². The van der Waals surface area contributed by atoms with Crippen LogP contribution in [-0.2, 0) is 15.8 Å². The van der Waals surface area contributed by atoms with Gasteiger partial charge in [-0.25, -0.2) is 0 Å². The third-order valence-corrected chi connectivity index (χ3v) is 8.50. The van der Waals surface area contributed by atoms with Crippen molar-refractivity contribution in [3.05, 3.63) is 106 Å². The molecule has 1 fully saturated rings. The van der Waals surface area contributed by atoms with Crippen molar-refractivity contribution in [3.63, 3.8) is 0 Å². The highest BCUT2D eigenvalue weighted by Crippen LogP contribution is 2.42. The largest absolute Gasteiger partial charge is 0.481 e. The molecule has 0 radical (unpaired) electrons. The molecule has 5 heteroatoms. The summed E-state index contributed by atoms with van der Waals surface area (Å²) >= 11 is 0. The molecule has 0 aromatic heterocycles. The zero-order valence-corrected chi connectivity index (χ0v) is 23.6. The molecule has 39 heavy (non-hydrogen) atoms. The lowest BCUT2D eigenvalue weighted by Crippen LogP contribution is -2.44. The summed E-state index contributed by atoms with van der Waals surface area (Å²) in [4.78, 5) is 26.6. The van der Waals surface area contributed by atoms with Gasteiger partial charge in [-0.15, -0.1) is 0 Å². The number of nitrogens with zero attached hydrogens (tertiary/aromatic N) is 1. The maximum absolute atomic E-state index is 12.8. The maximum atomic E-state index is 12.8. The van der Waals surface area contributed by atoms with Crippen molar-refractivity contribution in [2.24, 2.45) is 5.92 Å². The second-order valence-electron chi connectivity index (χ2n) is 11.6. The van der Waals surface area contributed by atoms with Gasteiger partial charge in [0.15, 0.2) is 5.78 Å². The average molecular weight is 528 g/mol. The Labute approximate surface area is 232 Å². The molecule has 0 atom stereocenters. The van der Waals surface area contributed by atoms with Crippen molar-refractivity contribution in [1.29, 1.82) is 0 Å². The third-order valence-electron chi connectivity index (χ3n) is 8.50. The molecule has 1 heterocycles. The lowest BCUT2D eigenvalue weighted by Gasteiger charge is -2.42. The number of carbonyl (C=O) groups excluding carboxylic acids is 1. The van der Waals surface area contributed by atoms with Crippen molar-refractivity contribution < 1.29 is 19.8 Å². The van der Waals surface area contributed by atoms with Gasteiger partial charge in [-0.3, -0.25) is 9.59 Å². The maximum Gasteiger partial charge on any atom is 0.313 e. The Bertz CT molecular complexity index is 1220. The normalized spacial score (nSPS) is 15.3. The van der Waals surface area contributed by atoms with Gasteiger partial charge in [0, 0.05) is 12.0 Å². The average Bonchev–Trinajstić information content (AvgIpc) is 2.93. The molecule has 1 aliphatic rings. The Hall–Kier alpha value is -3.28. The summed E-state index contributed by atoms with van der Waals surface area (Å²) in [5.41, 5.74) is 3.52. The lowest BCUT2D eigenvalue weighted by molar-refractivity contribution is -0.142. The number of carbonyl (C=O) groups is 2. The summed E-state index contributed by atoms with van der Waals surface area (Å²) in [5.74, 6) is -0.700. The molecule has 206 valence electrons. The highest BCUT2D eigenvalue weighted by molar-refractivity contribution is 5.96. The number of rotatable bonds is 10. The summed E-state index contributed by atoms with van der Waals surface area (Å²) in [6.45, 7) is 10.1. The standard InChI is InChI=1S/C34H41NO4/c1-24-7-13-28(14-8-24)34(39,29-15-9-25(2)10-16-29)30-19-22-35(23-20-30)21-5-6-31(36)26-11-17-27(18-12-26)33(3,4)32(37)38/h7-18,30,39H,5-6,19-23H2,1-4H3,(H,37,38). The molecule has 4 rings (SSSR count). The van der Waals surface area contributed by atoms with Gasteiger partial charge in [-0.2, -0.15) is 0 Å². The van der Waals surface area contributed by atoms with Crippen LogP contribution < -0.4 is 0 Å². The van der Waals surface area contributed by atoms with Gasteiger partial charge >= 0.3 is 5.97 Å². The van der Waals surface area contributed by atoms with Gasteiger partial charge in [0.2, 0.25) is 0 Å². The number of aliphatic carboxylic acids is 1. The van der Waals surface area contributed by atoms with E-state index < -0.39 is 17.0 Å². The van der Waals surface area contributed by atoms with Crippen molar-refractivity contribution >= 4 is 11.8 Å². The van der Waals surface area contributed by atoms with Crippen LogP contribution in [0.4, 0.5) is 0 Å². The molecule has 0 amide bonds. The Morgan fingerprint density at radius 2 is 1.26 bits per heavy atom. The number of piperidine rings is 1. The van der Waals surface area contributed by atoms with Gasteiger partial charge < -0.3 is 15.1 Å². The van der Waals surface area contributed by atoms with Crippen molar-refractivity contribution in [3.8, 4) is 0 Å². The summed E-state index contributed by atoms with van der Waals surface area (Å²) in [5, 5.41) is 21.7. The van der Waals surface area contributed by atoms with E-state index >= 15 is 0 Å². The molecule has 1 saturated heterocycles. The van der Waals surface area contributed by atoms with E-state index in [-0.39, 0.29) is 11.7 Å². The third kappa shape index (κ3) is 6.32. The monoisotopic (exact) mass is 527 g/mol. The van der Waals surface area contributed by atoms with Gasteiger partial charge in [-0.1, -0.05) is 83.9 Å². The van der Waals surface area contributed by atoms with Crippen LogP contribution in [-0.4, -0.2) is 46.5 Å². The molecule has 5 nitrogen and oxygen atoms in total. The second-order valence-corrected chi connectivity index (χ2v) is 11.6. The van der Waals surface area contributed by atoms with Gasteiger partial charge in [0.05, 0.1) is 5.41 Å². The first-order valence-corrected chi connectivity index (χ1v) is 14.0.